The van der Waals surface area contributed by atoms with Crippen molar-refractivity contribution in [1.82, 2.24) is 5.01 Å². The predicted octanol–water partition coefficient (Wildman–Crippen LogP) is 2.39. The summed E-state index contributed by atoms with van der Waals surface area (Å²) in [6.45, 7) is 5.93. The molecule has 70 valence electrons. The third-order valence-electron chi connectivity index (χ3n) is 1.26. The first kappa shape index (κ1) is 11.0. The Morgan fingerprint density at radius 3 is 2.00 bits per heavy atom. The topological polar surface area (TPSA) is 15.6 Å². The molecule has 0 bridgehead atoms. The monoisotopic (exact) mass is 180 g/mol. The standard InChI is InChI=1S/C7H11F3N2/c1-5(2)12(4)11-6(3)7(8,9)10/h1H2,2-4H3/b11-6+. The second-order valence-electron chi connectivity index (χ2n) is 2.44. The summed E-state index contributed by atoms with van der Waals surface area (Å²) in [7, 11) is 1.41. The van der Waals surface area contributed by atoms with Crippen molar-refractivity contribution in [2.75, 3.05) is 7.05 Å². The van der Waals surface area contributed by atoms with Crippen LogP contribution >= 0.6 is 0 Å². The van der Waals surface area contributed by atoms with Crippen LogP contribution < -0.4 is 0 Å². The van der Waals surface area contributed by atoms with Gasteiger partial charge in [0.15, 0.2) is 0 Å². The number of hydrogen-bond donors (Lipinski definition) is 0. The molecule has 0 radical (unpaired) electrons. The van der Waals surface area contributed by atoms with Gasteiger partial charge in [0.05, 0.1) is 0 Å². The summed E-state index contributed by atoms with van der Waals surface area (Å²) in [5.74, 6) is 0. The Balaban J connectivity index is 4.47. The molecular formula is C7H11F3N2. The molecular weight excluding hydrogens is 169 g/mol. The minimum Gasteiger partial charge on any atom is -0.273 e. The minimum absolute atomic E-state index is 0.457. The molecule has 0 saturated heterocycles. The average molecular weight is 180 g/mol. The molecule has 0 aromatic heterocycles. The van der Waals surface area contributed by atoms with Crippen LogP contribution in [-0.4, -0.2) is 23.9 Å². The van der Waals surface area contributed by atoms with Crippen molar-refractivity contribution in [3.63, 3.8) is 0 Å². The van der Waals surface area contributed by atoms with Crippen molar-refractivity contribution in [2.45, 2.75) is 20.0 Å². The smallest absolute Gasteiger partial charge is 0.273 e. The molecule has 0 heterocycles. The van der Waals surface area contributed by atoms with Crippen molar-refractivity contribution in [3.05, 3.63) is 12.3 Å². The fourth-order valence-corrected chi connectivity index (χ4v) is 0.367. The van der Waals surface area contributed by atoms with Crippen molar-refractivity contribution >= 4 is 5.71 Å². The van der Waals surface area contributed by atoms with Gasteiger partial charge in [-0.3, -0.25) is 5.01 Å². The normalized spacial score (nSPS) is 13.0. The molecule has 5 heteroatoms. The molecule has 0 saturated carbocycles. The van der Waals surface area contributed by atoms with E-state index in [1.54, 1.807) is 6.92 Å². The largest absolute Gasteiger partial charge is 0.430 e. The number of rotatable bonds is 2. The fourth-order valence-electron chi connectivity index (χ4n) is 0.367. The van der Waals surface area contributed by atoms with E-state index in [1.807, 2.05) is 0 Å². The van der Waals surface area contributed by atoms with E-state index in [9.17, 15) is 13.2 Å². The van der Waals surface area contributed by atoms with E-state index < -0.39 is 11.9 Å². The highest BCUT2D eigenvalue weighted by Gasteiger charge is 2.32. The SMILES string of the molecule is C=C(C)N(C)/N=C(\C)C(F)(F)F. The van der Waals surface area contributed by atoms with Gasteiger partial charge >= 0.3 is 6.18 Å². The van der Waals surface area contributed by atoms with Gasteiger partial charge in [0.1, 0.15) is 5.71 Å². The Hall–Kier alpha value is -1.00. The number of hydrazone groups is 1. The highest BCUT2D eigenvalue weighted by Crippen LogP contribution is 2.17. The summed E-state index contributed by atoms with van der Waals surface area (Å²) >= 11 is 0. The van der Waals surface area contributed by atoms with Gasteiger partial charge < -0.3 is 0 Å². The Morgan fingerprint density at radius 2 is 1.75 bits per heavy atom. The van der Waals surface area contributed by atoms with E-state index >= 15 is 0 Å². The van der Waals surface area contributed by atoms with Crippen LogP contribution in [0.1, 0.15) is 13.8 Å². The fraction of sp³-hybridized carbons (Fsp3) is 0.571. The lowest BCUT2D eigenvalue weighted by Gasteiger charge is -2.14. The number of nitrogens with zero attached hydrogens (tertiary/aromatic N) is 2. The first-order valence-corrected chi connectivity index (χ1v) is 3.26. The minimum atomic E-state index is -4.36. The van der Waals surface area contributed by atoms with Gasteiger partial charge in [-0.15, -0.1) is 0 Å². The summed E-state index contributed by atoms with van der Waals surface area (Å²) in [6.07, 6.45) is -4.36. The van der Waals surface area contributed by atoms with E-state index in [0.717, 1.165) is 11.9 Å². The molecule has 0 rings (SSSR count). The summed E-state index contributed by atoms with van der Waals surface area (Å²) < 4.78 is 35.7. The number of alkyl halides is 3. The maximum atomic E-state index is 11.9. The highest BCUT2D eigenvalue weighted by atomic mass is 19.4. The lowest BCUT2D eigenvalue weighted by Crippen LogP contribution is -2.23. The zero-order valence-corrected chi connectivity index (χ0v) is 7.24. The van der Waals surface area contributed by atoms with Crippen LogP contribution in [0.4, 0.5) is 13.2 Å². The van der Waals surface area contributed by atoms with Crippen LogP contribution in [-0.2, 0) is 0 Å². The zero-order valence-electron chi connectivity index (χ0n) is 7.24. The molecule has 2 nitrogen and oxygen atoms in total. The summed E-state index contributed by atoms with van der Waals surface area (Å²) in [5, 5.41) is 4.36. The van der Waals surface area contributed by atoms with Crippen LogP contribution in [0.15, 0.2) is 17.4 Å². The lowest BCUT2D eigenvalue weighted by atomic mass is 10.4. The van der Waals surface area contributed by atoms with Crippen LogP contribution in [0.25, 0.3) is 0 Å². The summed E-state index contributed by atoms with van der Waals surface area (Å²) in [5.41, 5.74) is -0.424. The van der Waals surface area contributed by atoms with Gasteiger partial charge in [0, 0.05) is 12.7 Å². The summed E-state index contributed by atoms with van der Waals surface area (Å²) in [6, 6.07) is 0. The predicted molar refractivity (Wildman–Crippen MR) is 41.7 cm³/mol. The Labute approximate surface area is 69.4 Å². The highest BCUT2D eigenvalue weighted by molar-refractivity contribution is 5.87. The van der Waals surface area contributed by atoms with E-state index in [2.05, 4.69) is 11.7 Å². The van der Waals surface area contributed by atoms with Gasteiger partial charge in [-0.05, 0) is 13.8 Å². The second-order valence-corrected chi connectivity index (χ2v) is 2.44. The van der Waals surface area contributed by atoms with Gasteiger partial charge in [-0.25, -0.2) is 0 Å². The average Bonchev–Trinajstić information content (AvgIpc) is 1.85. The first-order valence-electron chi connectivity index (χ1n) is 3.26. The lowest BCUT2D eigenvalue weighted by molar-refractivity contribution is -0.0603. The van der Waals surface area contributed by atoms with Crippen molar-refractivity contribution in [1.29, 1.82) is 0 Å². The van der Waals surface area contributed by atoms with Crippen LogP contribution in [0.3, 0.4) is 0 Å². The van der Waals surface area contributed by atoms with Crippen molar-refractivity contribution in [2.24, 2.45) is 5.10 Å². The second kappa shape index (κ2) is 3.60. The molecule has 12 heavy (non-hydrogen) atoms. The molecule has 0 aromatic rings. The molecule has 0 atom stereocenters. The van der Waals surface area contributed by atoms with E-state index in [4.69, 9.17) is 0 Å². The number of halogens is 3. The Morgan fingerprint density at radius 1 is 1.33 bits per heavy atom. The van der Waals surface area contributed by atoms with Gasteiger partial charge in [0.2, 0.25) is 0 Å². The van der Waals surface area contributed by atoms with Crippen LogP contribution in [0, 0.1) is 0 Å². The molecule has 0 spiro atoms. The molecule has 0 aliphatic carbocycles. The number of hydrogen-bond acceptors (Lipinski definition) is 2. The quantitative estimate of drug-likeness (QED) is 0.470. The van der Waals surface area contributed by atoms with Gasteiger partial charge in [0.25, 0.3) is 0 Å². The van der Waals surface area contributed by atoms with Gasteiger partial charge in [-0.1, -0.05) is 6.58 Å². The zero-order chi connectivity index (χ0) is 9.94. The Kier molecular flexibility index (Phi) is 3.30. The maximum Gasteiger partial charge on any atom is 0.430 e. The molecule has 0 aromatic carbocycles. The van der Waals surface area contributed by atoms with Crippen molar-refractivity contribution in [3.8, 4) is 0 Å². The molecule has 0 aliphatic rings. The van der Waals surface area contributed by atoms with E-state index in [-0.39, 0.29) is 0 Å². The molecule has 0 fully saturated rings. The van der Waals surface area contributed by atoms with Crippen LogP contribution in [0.5, 0.6) is 0 Å². The molecule has 0 aliphatic heterocycles. The third-order valence-corrected chi connectivity index (χ3v) is 1.26. The maximum absolute atomic E-state index is 11.9. The molecule has 0 amide bonds. The van der Waals surface area contributed by atoms with Crippen LogP contribution in [0.2, 0.25) is 0 Å². The van der Waals surface area contributed by atoms with E-state index in [1.165, 1.54) is 7.05 Å². The van der Waals surface area contributed by atoms with Crippen molar-refractivity contribution < 1.29 is 13.2 Å². The first-order chi connectivity index (χ1) is 5.25. The Bertz CT molecular complexity index is 205. The summed E-state index contributed by atoms with van der Waals surface area (Å²) in [4.78, 5) is 0. The number of allylic oxidation sites excluding steroid dienone is 1. The van der Waals surface area contributed by atoms with E-state index in [0.29, 0.717) is 5.70 Å². The molecule has 0 unspecified atom stereocenters. The third kappa shape index (κ3) is 3.41. The van der Waals surface area contributed by atoms with Gasteiger partial charge in [-0.2, -0.15) is 18.3 Å². The molecule has 0 N–H and O–H groups in total.